The molecule has 206 valence electrons. The first-order chi connectivity index (χ1) is 18.9. The molecule has 0 fully saturated rings. The summed E-state index contributed by atoms with van der Waals surface area (Å²) in [5, 5.41) is 2.55. The lowest BCUT2D eigenvalue weighted by molar-refractivity contribution is 0.101. The molecule has 0 spiro atoms. The van der Waals surface area contributed by atoms with Gasteiger partial charge in [0, 0.05) is 17.8 Å². The molecule has 0 saturated heterocycles. The molecule has 0 radical (unpaired) electrons. The summed E-state index contributed by atoms with van der Waals surface area (Å²) in [6, 6.07) is 13.8. The second-order valence-corrected chi connectivity index (χ2v) is 10.7. The van der Waals surface area contributed by atoms with E-state index in [-0.39, 0.29) is 28.1 Å². The van der Waals surface area contributed by atoms with Crippen LogP contribution in [0.1, 0.15) is 40.1 Å². The molecular formula is C29H24F3N3O4S. The van der Waals surface area contributed by atoms with Crippen molar-refractivity contribution in [3.05, 3.63) is 119 Å². The molecular weight excluding hydrogens is 543 g/mol. The smallest absolute Gasteiger partial charge is 0.329 e. The third-order valence-electron chi connectivity index (χ3n) is 6.10. The number of aromatic nitrogens is 1. The fourth-order valence-corrected chi connectivity index (χ4v) is 5.47. The van der Waals surface area contributed by atoms with Crippen LogP contribution >= 0.6 is 0 Å². The van der Waals surface area contributed by atoms with Crippen LogP contribution in [0.2, 0.25) is 0 Å². The van der Waals surface area contributed by atoms with E-state index in [4.69, 9.17) is 0 Å². The summed E-state index contributed by atoms with van der Waals surface area (Å²) in [6.45, 7) is 2.79. The van der Waals surface area contributed by atoms with Gasteiger partial charge in [0.25, 0.3) is 10.0 Å². The number of pyridine rings is 1. The number of ketones is 1. The van der Waals surface area contributed by atoms with Gasteiger partial charge in [-0.05, 0) is 73.4 Å². The third kappa shape index (κ3) is 6.55. The predicted octanol–water partition coefficient (Wildman–Crippen LogP) is 5.65. The van der Waals surface area contributed by atoms with Crippen molar-refractivity contribution in [2.45, 2.75) is 31.2 Å². The quantitative estimate of drug-likeness (QED) is 0.268. The minimum absolute atomic E-state index is 0.101. The highest BCUT2D eigenvalue weighted by atomic mass is 32.2. The number of nitrogens with zero attached hydrogens (tertiary/aromatic N) is 1. The number of nitrogens with one attached hydrogen (secondary N) is 2. The van der Waals surface area contributed by atoms with Crippen LogP contribution in [0.4, 0.5) is 18.0 Å². The molecule has 0 saturated carbocycles. The fraction of sp³-hybridized carbons (Fsp3) is 0.138. The number of amides is 2. The number of Topliss-reactive ketones (excluding diaryl/α,β-unsaturated/α-hetero) is 1. The first-order valence-corrected chi connectivity index (χ1v) is 13.5. The molecule has 0 unspecified atom stereocenters. The predicted molar refractivity (Wildman–Crippen MR) is 142 cm³/mol. The monoisotopic (exact) mass is 567 g/mol. The van der Waals surface area contributed by atoms with Crippen LogP contribution in [0.3, 0.4) is 0 Å². The summed E-state index contributed by atoms with van der Waals surface area (Å²) in [5.74, 6) is -2.90. The van der Waals surface area contributed by atoms with E-state index in [1.807, 2.05) is 4.72 Å². The molecule has 3 aromatic carbocycles. The Morgan fingerprint density at radius 1 is 0.925 bits per heavy atom. The van der Waals surface area contributed by atoms with Gasteiger partial charge in [0.1, 0.15) is 17.5 Å². The Kier molecular flexibility index (Phi) is 8.34. The number of urea groups is 1. The van der Waals surface area contributed by atoms with Crippen LogP contribution in [-0.2, 0) is 16.4 Å². The van der Waals surface area contributed by atoms with Crippen LogP contribution in [-0.4, -0.2) is 25.2 Å². The average Bonchev–Trinajstić information content (AvgIpc) is 2.87. The number of hydrogen-bond acceptors (Lipinski definition) is 5. The fourth-order valence-electron chi connectivity index (χ4n) is 4.31. The van der Waals surface area contributed by atoms with Crippen molar-refractivity contribution in [2.75, 3.05) is 0 Å². The maximum Gasteiger partial charge on any atom is 0.329 e. The van der Waals surface area contributed by atoms with Gasteiger partial charge in [-0.3, -0.25) is 9.78 Å². The van der Waals surface area contributed by atoms with E-state index in [0.717, 1.165) is 18.2 Å². The van der Waals surface area contributed by atoms with E-state index in [1.54, 1.807) is 31.2 Å². The van der Waals surface area contributed by atoms with Crippen molar-refractivity contribution >= 4 is 21.8 Å². The minimum Gasteiger partial charge on any atom is -0.329 e. The van der Waals surface area contributed by atoms with Gasteiger partial charge in [0.05, 0.1) is 22.2 Å². The molecule has 1 aromatic heterocycles. The van der Waals surface area contributed by atoms with Crippen LogP contribution in [0, 0.1) is 24.4 Å². The molecule has 4 rings (SSSR count). The highest BCUT2D eigenvalue weighted by molar-refractivity contribution is 7.90. The Morgan fingerprint density at radius 3 is 2.30 bits per heavy atom. The normalized spacial score (nSPS) is 12.0. The van der Waals surface area contributed by atoms with Gasteiger partial charge >= 0.3 is 6.03 Å². The highest BCUT2D eigenvalue weighted by Gasteiger charge is 2.25. The lowest BCUT2D eigenvalue weighted by Crippen LogP contribution is -2.42. The van der Waals surface area contributed by atoms with Crippen LogP contribution < -0.4 is 10.0 Å². The van der Waals surface area contributed by atoms with E-state index < -0.39 is 45.3 Å². The number of carbonyl (C=O) groups excluding carboxylic acids is 2. The lowest BCUT2D eigenvalue weighted by atomic mass is 9.94. The summed E-state index contributed by atoms with van der Waals surface area (Å²) in [5.41, 5.74) is 1.38. The molecule has 40 heavy (non-hydrogen) atoms. The van der Waals surface area contributed by atoms with Gasteiger partial charge in [-0.25, -0.2) is 31.1 Å². The number of halogens is 3. The van der Waals surface area contributed by atoms with E-state index in [9.17, 15) is 31.2 Å². The molecule has 0 aliphatic rings. The zero-order valence-electron chi connectivity index (χ0n) is 21.4. The van der Waals surface area contributed by atoms with E-state index in [0.29, 0.717) is 22.8 Å². The molecule has 0 aliphatic carbocycles. The maximum absolute atomic E-state index is 14.2. The number of rotatable bonds is 8. The first kappa shape index (κ1) is 28.5. The van der Waals surface area contributed by atoms with Gasteiger partial charge in [-0.2, -0.15) is 0 Å². The third-order valence-corrected chi connectivity index (χ3v) is 7.59. The average molecular weight is 568 g/mol. The van der Waals surface area contributed by atoms with Crippen molar-refractivity contribution in [1.82, 2.24) is 15.0 Å². The highest BCUT2D eigenvalue weighted by Crippen LogP contribution is 2.30. The van der Waals surface area contributed by atoms with Crippen molar-refractivity contribution in [3.8, 4) is 11.1 Å². The zero-order valence-corrected chi connectivity index (χ0v) is 22.2. The Hall–Kier alpha value is -4.51. The number of benzene rings is 3. The Balaban J connectivity index is 1.75. The van der Waals surface area contributed by atoms with Crippen LogP contribution in [0.5, 0.6) is 0 Å². The molecule has 1 atom stereocenters. The first-order valence-electron chi connectivity index (χ1n) is 12.0. The van der Waals surface area contributed by atoms with Gasteiger partial charge in [0.15, 0.2) is 5.78 Å². The number of hydrogen-bond donors (Lipinski definition) is 2. The standard InChI is InChI=1S/C29H24F3N3O4S/c1-17-6-3-4-8-27(17)40(38,39)35-29(37)34-26(14-19-12-21(30)16-22(31)13-19)28-23(7-5-11-33-28)20-9-10-25(32)24(15-20)18(2)36/h3-13,15-16,26H,14H2,1-2H3,(H2,34,35,37)/t26-/m1/s1. The molecule has 7 nitrogen and oxygen atoms in total. The molecule has 0 bridgehead atoms. The van der Waals surface area contributed by atoms with Crippen LogP contribution in [0.25, 0.3) is 11.1 Å². The molecule has 0 aliphatic heterocycles. The molecule has 11 heteroatoms. The Morgan fingerprint density at radius 2 is 1.62 bits per heavy atom. The molecule has 1 heterocycles. The Bertz CT molecular complexity index is 1690. The lowest BCUT2D eigenvalue weighted by Gasteiger charge is -2.22. The van der Waals surface area contributed by atoms with Gasteiger partial charge < -0.3 is 5.32 Å². The van der Waals surface area contributed by atoms with Crippen LogP contribution in [0.15, 0.2) is 83.9 Å². The van der Waals surface area contributed by atoms with Crippen molar-refractivity contribution in [1.29, 1.82) is 0 Å². The van der Waals surface area contributed by atoms with Crippen molar-refractivity contribution in [3.63, 3.8) is 0 Å². The Labute approximate surface area is 229 Å². The molecule has 4 aromatic rings. The SMILES string of the molecule is CC(=O)c1cc(-c2cccnc2[C@@H](Cc2cc(F)cc(F)c2)NC(=O)NS(=O)(=O)c2ccccc2C)ccc1F. The largest absolute Gasteiger partial charge is 0.329 e. The minimum atomic E-state index is -4.27. The van der Waals surface area contributed by atoms with Gasteiger partial charge in [-0.1, -0.05) is 30.3 Å². The summed E-state index contributed by atoms with van der Waals surface area (Å²) < 4.78 is 70.0. The summed E-state index contributed by atoms with van der Waals surface area (Å²) in [6.07, 6.45) is 1.23. The number of carbonyl (C=O) groups is 2. The zero-order chi connectivity index (χ0) is 29.0. The topological polar surface area (TPSA) is 105 Å². The second-order valence-electron chi connectivity index (χ2n) is 9.07. The van der Waals surface area contributed by atoms with E-state index in [2.05, 4.69) is 10.3 Å². The molecule has 2 amide bonds. The number of sulfonamides is 1. The van der Waals surface area contributed by atoms with Crippen molar-refractivity contribution in [2.24, 2.45) is 0 Å². The van der Waals surface area contributed by atoms with E-state index in [1.165, 1.54) is 37.4 Å². The van der Waals surface area contributed by atoms with Gasteiger partial charge in [0.2, 0.25) is 0 Å². The summed E-state index contributed by atoms with van der Waals surface area (Å²) in [7, 11) is -4.27. The van der Waals surface area contributed by atoms with Crippen molar-refractivity contribution < 1.29 is 31.2 Å². The molecule has 2 N–H and O–H groups in total. The summed E-state index contributed by atoms with van der Waals surface area (Å²) in [4.78, 5) is 29.2. The van der Waals surface area contributed by atoms with E-state index >= 15 is 0 Å². The second kappa shape index (κ2) is 11.7. The summed E-state index contributed by atoms with van der Waals surface area (Å²) >= 11 is 0. The maximum atomic E-state index is 14.2. The number of aryl methyl sites for hydroxylation is 1. The van der Waals surface area contributed by atoms with Gasteiger partial charge in [-0.15, -0.1) is 0 Å².